The van der Waals surface area contributed by atoms with Crippen molar-refractivity contribution in [3.63, 3.8) is 0 Å². The maximum atomic E-state index is 12.4. The minimum absolute atomic E-state index is 0.0247. The molecule has 0 atom stereocenters. The van der Waals surface area contributed by atoms with Gasteiger partial charge in [-0.15, -0.1) is 11.3 Å². The van der Waals surface area contributed by atoms with E-state index in [1.54, 1.807) is 24.8 Å². The molecule has 0 aliphatic heterocycles. The van der Waals surface area contributed by atoms with Gasteiger partial charge in [0, 0.05) is 17.8 Å². The first kappa shape index (κ1) is 16.7. The first-order chi connectivity index (χ1) is 12.2. The van der Waals surface area contributed by atoms with Crippen LogP contribution < -0.4 is 20.5 Å². The topological polar surface area (TPSA) is 82.4 Å². The van der Waals surface area contributed by atoms with E-state index in [2.05, 4.69) is 10.3 Å². The highest BCUT2D eigenvalue weighted by molar-refractivity contribution is 7.13. The lowest BCUT2D eigenvalue weighted by Crippen LogP contribution is -2.32. The van der Waals surface area contributed by atoms with Crippen LogP contribution in [0.2, 0.25) is 0 Å². The number of rotatable bonds is 6. The molecule has 0 fully saturated rings. The largest absolute Gasteiger partial charge is 0.497 e. The van der Waals surface area contributed by atoms with Gasteiger partial charge in [-0.1, -0.05) is 12.1 Å². The molecule has 25 heavy (non-hydrogen) atoms. The Bertz CT molecular complexity index is 922. The molecule has 2 aromatic heterocycles. The maximum Gasteiger partial charge on any atom is 0.295 e. The van der Waals surface area contributed by atoms with Gasteiger partial charge in [0.1, 0.15) is 17.9 Å². The number of aromatic nitrogens is 2. The van der Waals surface area contributed by atoms with Crippen molar-refractivity contribution in [1.82, 2.24) is 9.71 Å². The molecule has 0 radical (unpaired) electrons. The second kappa shape index (κ2) is 7.63. The van der Waals surface area contributed by atoms with Crippen LogP contribution in [0, 0.1) is 0 Å². The van der Waals surface area contributed by atoms with Crippen molar-refractivity contribution in [3.05, 3.63) is 75.7 Å². The Balaban J connectivity index is 1.74. The van der Waals surface area contributed by atoms with E-state index < -0.39 is 11.5 Å². The summed E-state index contributed by atoms with van der Waals surface area (Å²) in [6.07, 6.45) is 3.03. The normalized spacial score (nSPS) is 10.3. The van der Waals surface area contributed by atoms with Crippen molar-refractivity contribution in [3.8, 4) is 5.75 Å². The van der Waals surface area contributed by atoms with Crippen LogP contribution in [0.3, 0.4) is 0 Å². The molecule has 128 valence electrons. The van der Waals surface area contributed by atoms with Gasteiger partial charge >= 0.3 is 0 Å². The number of hydrogen-bond donors (Lipinski definition) is 1. The standard InChI is InChI=1S/C17H15N3O4S/c1-23-13-5-2-4-12(10-13)11-24-20-8-3-6-14(16(20)22)15(21)19-17-18-7-9-25-17/h2-10H,11H2,1H3,(H,18,19,21). The molecule has 2 heterocycles. The molecule has 0 bridgehead atoms. The summed E-state index contributed by atoms with van der Waals surface area (Å²) in [5.41, 5.74) is 0.270. The summed E-state index contributed by atoms with van der Waals surface area (Å²) in [5, 5.41) is 4.74. The molecule has 0 aliphatic carbocycles. The Morgan fingerprint density at radius 3 is 2.96 bits per heavy atom. The molecule has 1 aromatic carbocycles. The number of anilines is 1. The number of carbonyl (C=O) groups is 1. The molecule has 8 heteroatoms. The second-order valence-corrected chi connectivity index (χ2v) is 5.86. The molecule has 7 nitrogen and oxygen atoms in total. The van der Waals surface area contributed by atoms with Gasteiger partial charge in [0.15, 0.2) is 5.13 Å². The summed E-state index contributed by atoms with van der Waals surface area (Å²) in [5.74, 6) is 0.171. The van der Waals surface area contributed by atoms with E-state index in [1.165, 1.54) is 23.6 Å². The van der Waals surface area contributed by atoms with Crippen LogP contribution in [0.15, 0.2) is 59.0 Å². The smallest absolute Gasteiger partial charge is 0.295 e. The molecular weight excluding hydrogens is 342 g/mol. The number of ether oxygens (including phenoxy) is 1. The van der Waals surface area contributed by atoms with Crippen molar-refractivity contribution < 1.29 is 14.4 Å². The number of thiazole rings is 1. The molecule has 0 saturated heterocycles. The molecule has 3 rings (SSSR count). The van der Waals surface area contributed by atoms with E-state index >= 15 is 0 Å². The molecule has 3 aromatic rings. The molecule has 1 amide bonds. The summed E-state index contributed by atoms with van der Waals surface area (Å²) in [6, 6.07) is 10.3. The predicted molar refractivity (Wildman–Crippen MR) is 94.0 cm³/mol. The zero-order chi connectivity index (χ0) is 17.6. The van der Waals surface area contributed by atoms with Crippen LogP contribution in [0.25, 0.3) is 0 Å². The first-order valence-corrected chi connectivity index (χ1v) is 8.24. The van der Waals surface area contributed by atoms with E-state index in [0.717, 1.165) is 10.3 Å². The summed E-state index contributed by atoms with van der Waals surface area (Å²) in [6.45, 7) is 0.161. The van der Waals surface area contributed by atoms with Crippen LogP contribution in [0.4, 0.5) is 5.13 Å². The quantitative estimate of drug-likeness (QED) is 0.731. The van der Waals surface area contributed by atoms with Gasteiger partial charge in [-0.3, -0.25) is 14.9 Å². The zero-order valence-corrected chi connectivity index (χ0v) is 14.2. The van der Waals surface area contributed by atoms with Crippen LogP contribution in [0.1, 0.15) is 15.9 Å². The highest BCUT2D eigenvalue weighted by atomic mass is 32.1. The Morgan fingerprint density at radius 2 is 2.20 bits per heavy atom. The van der Waals surface area contributed by atoms with Gasteiger partial charge in [-0.05, 0) is 29.8 Å². The van der Waals surface area contributed by atoms with Crippen LogP contribution in [0.5, 0.6) is 5.75 Å². The summed E-state index contributed by atoms with van der Waals surface area (Å²) in [4.78, 5) is 34.1. The minimum Gasteiger partial charge on any atom is -0.497 e. The van der Waals surface area contributed by atoms with E-state index in [4.69, 9.17) is 9.57 Å². The zero-order valence-electron chi connectivity index (χ0n) is 13.3. The fourth-order valence-corrected chi connectivity index (χ4v) is 2.63. The molecule has 0 unspecified atom stereocenters. The van der Waals surface area contributed by atoms with Crippen molar-refractivity contribution in [1.29, 1.82) is 0 Å². The van der Waals surface area contributed by atoms with Crippen molar-refractivity contribution in [2.24, 2.45) is 0 Å². The second-order valence-electron chi connectivity index (χ2n) is 4.97. The van der Waals surface area contributed by atoms with Crippen LogP contribution in [-0.2, 0) is 6.61 Å². The highest BCUT2D eigenvalue weighted by Crippen LogP contribution is 2.13. The van der Waals surface area contributed by atoms with E-state index in [-0.39, 0.29) is 12.2 Å². The number of nitrogens with zero attached hydrogens (tertiary/aromatic N) is 2. The third-order valence-electron chi connectivity index (χ3n) is 3.32. The first-order valence-electron chi connectivity index (χ1n) is 7.36. The predicted octanol–water partition coefficient (Wildman–Crippen LogP) is 2.19. The lowest BCUT2D eigenvalue weighted by molar-refractivity contribution is 0.0862. The molecule has 0 spiro atoms. The third-order valence-corrected chi connectivity index (χ3v) is 4.01. The van der Waals surface area contributed by atoms with Crippen LogP contribution in [-0.4, -0.2) is 22.7 Å². The summed E-state index contributed by atoms with van der Waals surface area (Å²) in [7, 11) is 1.58. The highest BCUT2D eigenvalue weighted by Gasteiger charge is 2.14. The number of benzene rings is 1. The van der Waals surface area contributed by atoms with Gasteiger partial charge in [0.2, 0.25) is 0 Å². The Labute approximate surface area is 147 Å². The fourth-order valence-electron chi connectivity index (χ4n) is 2.11. The number of methoxy groups -OCH3 is 1. The Kier molecular flexibility index (Phi) is 5.10. The van der Waals surface area contributed by atoms with Crippen LogP contribution >= 0.6 is 11.3 Å². The van der Waals surface area contributed by atoms with Gasteiger partial charge < -0.3 is 9.57 Å². The number of nitrogens with one attached hydrogen (secondary N) is 1. The average Bonchev–Trinajstić information content (AvgIpc) is 3.14. The van der Waals surface area contributed by atoms with E-state index in [9.17, 15) is 9.59 Å². The summed E-state index contributed by atoms with van der Waals surface area (Å²) < 4.78 is 6.19. The summed E-state index contributed by atoms with van der Waals surface area (Å²) >= 11 is 1.27. The third kappa shape index (κ3) is 4.04. The maximum absolute atomic E-state index is 12.4. The van der Waals surface area contributed by atoms with E-state index in [0.29, 0.717) is 10.9 Å². The van der Waals surface area contributed by atoms with E-state index in [1.807, 2.05) is 24.3 Å². The lowest BCUT2D eigenvalue weighted by atomic mass is 10.2. The van der Waals surface area contributed by atoms with Gasteiger partial charge in [0.25, 0.3) is 11.5 Å². The van der Waals surface area contributed by atoms with Gasteiger partial charge in [-0.25, -0.2) is 4.98 Å². The Hall–Kier alpha value is -3.13. The number of carbonyl (C=O) groups excluding carboxylic acids is 1. The molecule has 0 saturated carbocycles. The Morgan fingerprint density at radius 1 is 1.32 bits per heavy atom. The van der Waals surface area contributed by atoms with Gasteiger partial charge in [0.05, 0.1) is 7.11 Å². The number of amides is 1. The van der Waals surface area contributed by atoms with Crippen molar-refractivity contribution in [2.75, 3.05) is 12.4 Å². The molecule has 0 aliphatic rings. The minimum atomic E-state index is -0.542. The molecule has 1 N–H and O–H groups in total. The average molecular weight is 357 g/mol. The number of hydrogen-bond acceptors (Lipinski definition) is 6. The van der Waals surface area contributed by atoms with Gasteiger partial charge in [-0.2, -0.15) is 4.73 Å². The van der Waals surface area contributed by atoms with Crippen molar-refractivity contribution >= 4 is 22.4 Å². The fraction of sp³-hybridized carbons (Fsp3) is 0.118. The molecular formula is C17H15N3O4S. The number of pyridine rings is 1. The lowest BCUT2D eigenvalue weighted by Gasteiger charge is -2.10. The SMILES string of the molecule is COc1cccc(COn2cccc(C(=O)Nc3nccs3)c2=O)c1. The van der Waals surface area contributed by atoms with Crippen molar-refractivity contribution in [2.45, 2.75) is 6.61 Å². The monoisotopic (exact) mass is 357 g/mol.